The van der Waals surface area contributed by atoms with Gasteiger partial charge in [-0.15, -0.1) is 22.7 Å². The van der Waals surface area contributed by atoms with Crippen molar-refractivity contribution >= 4 is 68.9 Å². The number of alkyl halides is 1. The molecule has 2 unspecified atom stereocenters. The highest BCUT2D eigenvalue weighted by Crippen LogP contribution is 2.42. The summed E-state index contributed by atoms with van der Waals surface area (Å²) in [7, 11) is 0. The molecule has 1 saturated carbocycles. The quantitative estimate of drug-likeness (QED) is 0.0399. The van der Waals surface area contributed by atoms with E-state index in [1.165, 1.54) is 17.4 Å². The zero-order valence-electron chi connectivity index (χ0n) is 43.9. The first-order chi connectivity index (χ1) is 36.7. The average Bonchev–Trinajstić information content (AvgIpc) is 4.21. The van der Waals surface area contributed by atoms with Crippen molar-refractivity contribution < 1.29 is 47.3 Å². The van der Waals surface area contributed by atoms with Crippen LogP contribution in [0.4, 0.5) is 15.3 Å². The molecule has 2 fully saturated rings. The Morgan fingerprint density at radius 1 is 0.895 bits per heavy atom. The number of anilines is 2. The molecule has 17 nitrogen and oxygen atoms in total. The smallest absolute Gasteiger partial charge is 0.246 e. The highest BCUT2D eigenvalue weighted by atomic mass is 35.5. The van der Waals surface area contributed by atoms with E-state index in [0.717, 1.165) is 32.5 Å². The lowest BCUT2D eigenvalue weighted by Crippen LogP contribution is -2.57. The number of aryl methyl sites for hydroxylation is 1. The minimum absolute atomic E-state index is 0.0590. The number of aromatic nitrogens is 3. The molecule has 3 aromatic heterocycles. The van der Waals surface area contributed by atoms with Crippen LogP contribution in [0.25, 0.3) is 10.4 Å². The minimum atomic E-state index is -1.42. The van der Waals surface area contributed by atoms with Gasteiger partial charge < -0.3 is 49.9 Å². The van der Waals surface area contributed by atoms with Crippen LogP contribution in [-0.4, -0.2) is 140 Å². The molecule has 2 aliphatic carbocycles. The number of ether oxygens (including phenoxy) is 5. The Balaban J connectivity index is 0.736. The van der Waals surface area contributed by atoms with Crippen LogP contribution in [0.3, 0.4) is 0 Å². The summed E-state index contributed by atoms with van der Waals surface area (Å²) in [6.07, 6.45) is 8.19. The summed E-state index contributed by atoms with van der Waals surface area (Å²) in [4.78, 5) is 70.6. The van der Waals surface area contributed by atoms with Crippen molar-refractivity contribution in [1.82, 2.24) is 35.8 Å². The zero-order valence-corrected chi connectivity index (χ0v) is 46.3. The predicted molar refractivity (Wildman–Crippen MR) is 292 cm³/mol. The molecular weight excluding hydrogens is 1040 g/mol. The fourth-order valence-electron chi connectivity index (χ4n) is 9.45. The number of pyridine rings is 1. The summed E-state index contributed by atoms with van der Waals surface area (Å²) in [6, 6.07) is 12.3. The molecule has 76 heavy (non-hydrogen) atoms. The van der Waals surface area contributed by atoms with E-state index in [1.807, 2.05) is 81.1 Å². The number of likely N-dealkylation sites (tertiary alicyclic amines) is 1. The third-order valence-corrected chi connectivity index (χ3v) is 15.6. The van der Waals surface area contributed by atoms with Crippen LogP contribution in [0.2, 0.25) is 0 Å². The monoisotopic (exact) mass is 1110 g/mol. The van der Waals surface area contributed by atoms with Crippen molar-refractivity contribution in [3.8, 4) is 10.4 Å². The molecule has 0 bridgehead atoms. The first-order valence-corrected chi connectivity index (χ1v) is 28.2. The van der Waals surface area contributed by atoms with Crippen molar-refractivity contribution in [2.45, 2.75) is 116 Å². The van der Waals surface area contributed by atoms with Crippen LogP contribution in [0.15, 0.2) is 82.8 Å². The van der Waals surface area contributed by atoms with Crippen LogP contribution in [0, 0.1) is 17.8 Å². The molecule has 3 aliphatic rings. The van der Waals surface area contributed by atoms with Gasteiger partial charge in [-0.1, -0.05) is 74.9 Å². The highest BCUT2D eigenvalue weighted by molar-refractivity contribution is 7.13. The SMILES string of the molecule is Cc1ncsc1-c1ccc(CNC(=O)[C@@H]2CCCN2C(=O)[C@@H](NC(=O)CCOCCOCCOCCOCCNC(=O)C2(Cc3cccc(Nc4nccs4)n3)CCC(OC3C=CC=C(Cl)C3F)CC2)C(C)(C)C)cc1. The molecule has 1 aromatic carbocycles. The van der Waals surface area contributed by atoms with E-state index >= 15 is 0 Å². The maximum atomic E-state index is 14.8. The molecule has 7 rings (SSSR count). The summed E-state index contributed by atoms with van der Waals surface area (Å²) >= 11 is 9.11. The number of carbonyl (C=O) groups is 4. The lowest BCUT2D eigenvalue weighted by Gasteiger charge is -2.40. The number of thiazole rings is 2. The van der Waals surface area contributed by atoms with Gasteiger partial charge >= 0.3 is 0 Å². The van der Waals surface area contributed by atoms with Gasteiger partial charge in [0.2, 0.25) is 23.6 Å². The molecule has 0 radical (unpaired) electrons. The molecule has 4 amide bonds. The van der Waals surface area contributed by atoms with Crippen molar-refractivity contribution in [2.24, 2.45) is 10.8 Å². The van der Waals surface area contributed by atoms with Crippen molar-refractivity contribution in [3.05, 3.63) is 99.8 Å². The second kappa shape index (κ2) is 29.0. The van der Waals surface area contributed by atoms with E-state index in [4.69, 9.17) is 40.3 Å². The van der Waals surface area contributed by atoms with E-state index in [9.17, 15) is 23.6 Å². The van der Waals surface area contributed by atoms with Crippen molar-refractivity contribution in [2.75, 3.05) is 71.3 Å². The molecule has 21 heteroatoms. The van der Waals surface area contributed by atoms with Crippen LogP contribution in [0.1, 0.15) is 82.7 Å². The average molecular weight is 1110 g/mol. The molecule has 4 atom stereocenters. The van der Waals surface area contributed by atoms with Gasteiger partial charge in [0.05, 0.1) is 85.5 Å². The van der Waals surface area contributed by atoms with Gasteiger partial charge in [0, 0.05) is 49.7 Å². The Hall–Kier alpha value is -5.19. The van der Waals surface area contributed by atoms with Gasteiger partial charge in [-0.3, -0.25) is 19.2 Å². The fourth-order valence-corrected chi connectivity index (χ4v) is 11.0. The van der Waals surface area contributed by atoms with E-state index in [1.54, 1.807) is 34.6 Å². The second-order valence-electron chi connectivity index (χ2n) is 20.3. The topological polar surface area (TPSA) is 204 Å². The van der Waals surface area contributed by atoms with Gasteiger partial charge in [-0.2, -0.15) is 0 Å². The fraction of sp³-hybridized carbons (Fsp3) is 0.545. The lowest BCUT2D eigenvalue weighted by atomic mass is 9.69. The van der Waals surface area contributed by atoms with E-state index in [0.29, 0.717) is 110 Å². The number of nitrogens with zero attached hydrogens (tertiary/aromatic N) is 4. The summed E-state index contributed by atoms with van der Waals surface area (Å²) in [5, 5.41) is 15.0. The molecule has 4 heterocycles. The van der Waals surface area contributed by atoms with Crippen molar-refractivity contribution in [1.29, 1.82) is 0 Å². The Labute approximate surface area is 458 Å². The normalized spacial score (nSPS) is 21.0. The minimum Gasteiger partial charge on any atom is -0.379 e. The lowest BCUT2D eigenvalue weighted by molar-refractivity contribution is -0.144. The van der Waals surface area contributed by atoms with Crippen LogP contribution >= 0.6 is 34.3 Å². The third-order valence-electron chi connectivity index (χ3n) is 13.6. The Bertz CT molecular complexity index is 2550. The standard InChI is InChI=1S/C55H72ClFN8O9S2/c1-37-48(76-36-61-37)39-15-13-38(14-16-39)35-60-50(67)43-10-7-24-65(43)51(68)49(54(2,3)4)64-46(66)19-25-70-27-29-72-31-32-73-30-28-71-26-22-58-52(69)55(34-40-8-5-12-45(62-40)63-53-59-23-33-75-53)20-17-41(18-21-55)74-44-11-6-9-42(56)47(44)57/h5-6,8-9,11-16,23,33,36,41,43-44,47,49H,7,10,17-22,24-32,34-35H2,1-4H3,(H,58,69)(H,60,67)(H,64,66)(H,59,62,63)/t41?,43-,44?,47?,49+,55?/m0/s1. The number of halogens is 2. The van der Waals surface area contributed by atoms with Gasteiger partial charge in [0.15, 0.2) is 11.3 Å². The predicted octanol–water partition coefficient (Wildman–Crippen LogP) is 8.01. The summed E-state index contributed by atoms with van der Waals surface area (Å²) in [5.41, 5.74) is 4.26. The van der Waals surface area contributed by atoms with Crippen LogP contribution < -0.4 is 21.3 Å². The van der Waals surface area contributed by atoms with Gasteiger partial charge in [-0.25, -0.2) is 19.3 Å². The third kappa shape index (κ3) is 17.2. The van der Waals surface area contributed by atoms with E-state index < -0.39 is 35.2 Å². The van der Waals surface area contributed by atoms with Crippen molar-refractivity contribution in [3.63, 3.8) is 0 Å². The van der Waals surface area contributed by atoms with Gasteiger partial charge in [0.25, 0.3) is 0 Å². The maximum absolute atomic E-state index is 14.8. The van der Waals surface area contributed by atoms with Crippen LogP contribution in [-0.2, 0) is 55.8 Å². The number of benzene rings is 1. The highest BCUT2D eigenvalue weighted by Gasteiger charge is 2.44. The number of nitrogens with one attached hydrogen (secondary N) is 4. The first-order valence-electron chi connectivity index (χ1n) is 26.1. The summed E-state index contributed by atoms with van der Waals surface area (Å²) in [6.45, 7) is 11.2. The Morgan fingerprint density at radius 2 is 1.61 bits per heavy atom. The van der Waals surface area contributed by atoms with E-state index in [2.05, 4.69) is 31.2 Å². The number of allylic oxidation sites excluding steroid dienone is 2. The molecule has 1 saturated heterocycles. The number of hydrogen-bond donors (Lipinski definition) is 4. The molecule has 1 aliphatic heterocycles. The number of hydrogen-bond acceptors (Lipinski definition) is 15. The Kier molecular flexibility index (Phi) is 22.3. The van der Waals surface area contributed by atoms with Gasteiger partial charge in [-0.05, 0) is 80.2 Å². The van der Waals surface area contributed by atoms with E-state index in [-0.39, 0.29) is 54.4 Å². The van der Waals surface area contributed by atoms with Crippen LogP contribution in [0.5, 0.6) is 0 Å². The summed E-state index contributed by atoms with van der Waals surface area (Å²) < 4.78 is 43.6. The molecule has 412 valence electrons. The van der Waals surface area contributed by atoms with Gasteiger partial charge in [0.1, 0.15) is 24.0 Å². The second-order valence-corrected chi connectivity index (χ2v) is 22.5. The Morgan fingerprint density at radius 3 is 2.28 bits per heavy atom. The number of rotatable bonds is 28. The summed E-state index contributed by atoms with van der Waals surface area (Å²) in [5.74, 6) is -0.241. The first kappa shape index (κ1) is 58.5. The number of carbonyl (C=O) groups excluding carboxylic acids is 4. The molecule has 0 spiro atoms. The maximum Gasteiger partial charge on any atom is 0.246 e. The molecule has 4 N–H and O–H groups in total. The molecular formula is C55H72ClFN8O9S2. The zero-order chi connectivity index (χ0) is 53.9. The molecule has 4 aromatic rings. The number of amides is 4. The largest absolute Gasteiger partial charge is 0.379 e.